The number of sulfonamides is 1. The summed E-state index contributed by atoms with van der Waals surface area (Å²) in [5.41, 5.74) is 0.651. The Morgan fingerprint density at radius 2 is 1.91 bits per heavy atom. The van der Waals surface area contributed by atoms with Crippen LogP contribution >= 0.6 is 0 Å². The summed E-state index contributed by atoms with van der Waals surface area (Å²) in [6, 6.07) is 2.49. The number of nitrogens with two attached hydrogens (primary N) is 1. The lowest BCUT2D eigenvalue weighted by molar-refractivity contribution is 0.175. The van der Waals surface area contributed by atoms with Crippen molar-refractivity contribution in [3.05, 3.63) is 48.1 Å². The first-order valence-corrected chi connectivity index (χ1v) is 12.4. The van der Waals surface area contributed by atoms with E-state index in [9.17, 15) is 17.2 Å². The van der Waals surface area contributed by atoms with Gasteiger partial charge in [-0.25, -0.2) is 32.3 Å². The average Bonchev–Trinajstić information content (AvgIpc) is 3.16. The summed E-state index contributed by atoms with van der Waals surface area (Å²) in [6.45, 7) is 2.16. The predicted octanol–water partition coefficient (Wildman–Crippen LogP) is 2.96. The highest BCUT2D eigenvalue weighted by molar-refractivity contribution is 7.89. The number of nitrogens with zero attached hydrogens (tertiary/aromatic N) is 5. The van der Waals surface area contributed by atoms with Crippen LogP contribution in [0.25, 0.3) is 0 Å². The fourth-order valence-corrected chi connectivity index (χ4v) is 4.77. The van der Waals surface area contributed by atoms with E-state index in [0.717, 1.165) is 49.8 Å². The summed E-state index contributed by atoms with van der Waals surface area (Å²) in [6.07, 6.45) is 9.66. The number of hydrogen-bond acceptors (Lipinski definition) is 8. The van der Waals surface area contributed by atoms with Crippen LogP contribution < -0.4 is 15.2 Å². The maximum atomic E-state index is 14.3. The molecule has 0 unspecified atom stereocenters. The van der Waals surface area contributed by atoms with E-state index in [1.165, 1.54) is 0 Å². The van der Waals surface area contributed by atoms with Crippen molar-refractivity contribution in [2.24, 2.45) is 5.14 Å². The summed E-state index contributed by atoms with van der Waals surface area (Å²) in [4.78, 5) is 7.47. The van der Waals surface area contributed by atoms with Gasteiger partial charge in [0.25, 0.3) is 0 Å². The minimum Gasteiger partial charge on any atom is -0.460 e. The summed E-state index contributed by atoms with van der Waals surface area (Å²) in [5.74, 6) is -2.72. The maximum Gasteiger partial charge on any atom is 0.317 e. The molecular weight excluding hydrogens is 468 g/mol. The van der Waals surface area contributed by atoms with Crippen LogP contribution in [0.2, 0.25) is 0 Å². The standard InChI is InChI=1S/C21H23F2N7O3S/c1-21(6-7-21)30-11-27-29-20(30)33-14-3-2-12(8-14)13-9-25-19(26-10-13)28-15-4-5-16(34(24,31)32)18(23)17(15)22/h4-5,9-12,14H,2-3,6-8H2,1H3,(H2,24,31,32)(H,25,26,28)/t12-,14+/m0/s1. The number of anilines is 2. The molecule has 13 heteroatoms. The van der Waals surface area contributed by atoms with Gasteiger partial charge in [0.2, 0.25) is 16.0 Å². The van der Waals surface area contributed by atoms with Gasteiger partial charge in [-0.15, -0.1) is 5.10 Å². The van der Waals surface area contributed by atoms with Gasteiger partial charge in [0.05, 0.1) is 5.69 Å². The first-order chi connectivity index (χ1) is 16.1. The molecule has 1 aromatic carbocycles. The van der Waals surface area contributed by atoms with Crippen molar-refractivity contribution >= 4 is 21.7 Å². The first kappa shape index (κ1) is 22.6. The van der Waals surface area contributed by atoms with Crippen molar-refractivity contribution in [3.63, 3.8) is 0 Å². The van der Waals surface area contributed by atoms with E-state index in [0.29, 0.717) is 6.01 Å². The number of nitrogens with one attached hydrogen (secondary N) is 1. The molecule has 0 bridgehead atoms. The van der Waals surface area contributed by atoms with Crippen LogP contribution in [-0.2, 0) is 15.6 Å². The van der Waals surface area contributed by atoms with Crippen LogP contribution in [0.5, 0.6) is 6.01 Å². The molecule has 2 atom stereocenters. The number of halogens is 2. The van der Waals surface area contributed by atoms with Crippen LogP contribution in [-0.4, -0.2) is 39.3 Å². The van der Waals surface area contributed by atoms with Crippen molar-refractivity contribution in [1.82, 2.24) is 24.7 Å². The Bertz CT molecular complexity index is 1330. The lowest BCUT2D eigenvalue weighted by atomic mass is 10.0. The number of primary sulfonamides is 1. The zero-order valence-corrected chi connectivity index (χ0v) is 19.1. The molecule has 0 aliphatic heterocycles. The van der Waals surface area contributed by atoms with Crippen molar-refractivity contribution in [3.8, 4) is 6.01 Å². The highest BCUT2D eigenvalue weighted by Gasteiger charge is 2.42. The van der Waals surface area contributed by atoms with Crippen molar-refractivity contribution in [1.29, 1.82) is 0 Å². The molecule has 3 N–H and O–H groups in total. The topological polar surface area (TPSA) is 138 Å². The number of hydrogen-bond donors (Lipinski definition) is 2. The fraction of sp³-hybridized carbons (Fsp3) is 0.429. The van der Waals surface area contributed by atoms with Crippen LogP contribution in [0.1, 0.15) is 50.5 Å². The zero-order chi connectivity index (χ0) is 24.1. The van der Waals surface area contributed by atoms with Crippen molar-refractivity contribution < 1.29 is 21.9 Å². The van der Waals surface area contributed by atoms with E-state index < -0.39 is 26.6 Å². The van der Waals surface area contributed by atoms with Gasteiger partial charge in [0, 0.05) is 17.9 Å². The van der Waals surface area contributed by atoms with Crippen LogP contribution in [0, 0.1) is 11.6 Å². The van der Waals surface area contributed by atoms with E-state index >= 15 is 0 Å². The van der Waals surface area contributed by atoms with Gasteiger partial charge in [-0.05, 0) is 62.6 Å². The molecule has 180 valence electrons. The monoisotopic (exact) mass is 491 g/mol. The molecule has 2 aliphatic rings. The molecule has 2 fully saturated rings. The molecule has 5 rings (SSSR count). The summed E-state index contributed by atoms with van der Waals surface area (Å²) in [5, 5.41) is 15.6. The lowest BCUT2D eigenvalue weighted by Gasteiger charge is -2.17. The molecule has 10 nitrogen and oxygen atoms in total. The Hall–Kier alpha value is -3.19. The zero-order valence-electron chi connectivity index (χ0n) is 18.3. The summed E-state index contributed by atoms with van der Waals surface area (Å²) < 4.78 is 59.1. The SMILES string of the molecule is CC1(n2cnnc2O[C@@H]2CC[C@H](c3cnc(Nc4ccc(S(N)(=O)=O)c(F)c4F)nc3)C2)CC1. The molecule has 34 heavy (non-hydrogen) atoms. The Balaban J connectivity index is 1.23. The van der Waals surface area contributed by atoms with Gasteiger partial charge in [-0.3, -0.25) is 4.57 Å². The highest BCUT2D eigenvalue weighted by Crippen LogP contribution is 2.45. The molecule has 2 aliphatic carbocycles. The Labute approximate surface area is 194 Å². The summed E-state index contributed by atoms with van der Waals surface area (Å²) in [7, 11) is -4.38. The van der Waals surface area contributed by atoms with E-state index in [2.05, 4.69) is 32.4 Å². The van der Waals surface area contributed by atoms with Crippen LogP contribution in [0.4, 0.5) is 20.4 Å². The van der Waals surface area contributed by atoms with Crippen molar-refractivity contribution in [2.45, 2.75) is 61.5 Å². The van der Waals surface area contributed by atoms with Crippen LogP contribution in [0.15, 0.2) is 35.7 Å². The van der Waals surface area contributed by atoms with E-state index in [1.54, 1.807) is 18.7 Å². The van der Waals surface area contributed by atoms with Gasteiger partial charge < -0.3 is 10.1 Å². The molecule has 0 saturated heterocycles. The molecule has 2 saturated carbocycles. The minimum atomic E-state index is -4.38. The normalized spacial score (nSPS) is 21.4. The largest absolute Gasteiger partial charge is 0.460 e. The third-order valence-electron chi connectivity index (χ3n) is 6.47. The third kappa shape index (κ3) is 4.32. The first-order valence-electron chi connectivity index (χ1n) is 10.8. The Morgan fingerprint density at radius 3 is 2.59 bits per heavy atom. The quantitative estimate of drug-likeness (QED) is 0.515. The highest BCUT2D eigenvalue weighted by atomic mass is 32.2. The number of aromatic nitrogens is 5. The number of rotatable bonds is 7. The van der Waals surface area contributed by atoms with Gasteiger partial charge in [-0.1, -0.05) is 5.10 Å². The lowest BCUT2D eigenvalue weighted by Crippen LogP contribution is -2.19. The van der Waals surface area contributed by atoms with Crippen molar-refractivity contribution in [2.75, 3.05) is 5.32 Å². The average molecular weight is 492 g/mol. The molecule has 2 heterocycles. The maximum absolute atomic E-state index is 14.3. The predicted molar refractivity (Wildman–Crippen MR) is 117 cm³/mol. The van der Waals surface area contributed by atoms with Gasteiger partial charge >= 0.3 is 6.01 Å². The summed E-state index contributed by atoms with van der Waals surface area (Å²) >= 11 is 0. The van der Waals surface area contributed by atoms with E-state index in [-0.39, 0.29) is 29.2 Å². The Morgan fingerprint density at radius 1 is 1.18 bits per heavy atom. The second-order valence-corrected chi connectivity index (χ2v) is 10.5. The molecular formula is C21H23F2N7O3S. The molecule has 2 aromatic heterocycles. The fourth-order valence-electron chi connectivity index (χ4n) is 4.18. The molecule has 0 spiro atoms. The third-order valence-corrected chi connectivity index (χ3v) is 7.40. The van der Waals surface area contributed by atoms with E-state index in [4.69, 9.17) is 9.88 Å². The molecule has 0 radical (unpaired) electrons. The molecule has 3 aromatic rings. The van der Waals surface area contributed by atoms with Gasteiger partial charge in [0.1, 0.15) is 17.3 Å². The van der Waals surface area contributed by atoms with Gasteiger partial charge in [0.15, 0.2) is 11.6 Å². The van der Waals surface area contributed by atoms with E-state index in [1.807, 2.05) is 4.57 Å². The van der Waals surface area contributed by atoms with Crippen LogP contribution in [0.3, 0.4) is 0 Å². The Kier molecular flexibility index (Phi) is 5.47. The second kappa shape index (κ2) is 8.24. The molecule has 0 amide bonds. The second-order valence-electron chi connectivity index (χ2n) is 8.98. The smallest absolute Gasteiger partial charge is 0.317 e. The number of ether oxygens (including phenoxy) is 1. The minimum absolute atomic E-state index is 0.00233. The number of benzene rings is 1. The van der Waals surface area contributed by atoms with Gasteiger partial charge in [-0.2, -0.15) is 0 Å².